The van der Waals surface area contributed by atoms with Crippen LogP contribution in [0.1, 0.15) is 30.4 Å². The van der Waals surface area contributed by atoms with Gasteiger partial charge >= 0.3 is 0 Å². The van der Waals surface area contributed by atoms with Gasteiger partial charge in [-0.15, -0.1) is 0 Å². The predicted molar refractivity (Wildman–Crippen MR) is 89.9 cm³/mol. The summed E-state index contributed by atoms with van der Waals surface area (Å²) < 4.78 is 11.6. The third kappa shape index (κ3) is 4.17. The van der Waals surface area contributed by atoms with Gasteiger partial charge in [0, 0.05) is 36.5 Å². The summed E-state index contributed by atoms with van der Waals surface area (Å²) in [6.07, 6.45) is 7.78. The van der Waals surface area contributed by atoms with E-state index in [-0.39, 0.29) is 12.0 Å². The van der Waals surface area contributed by atoms with Crippen LogP contribution in [0.2, 0.25) is 0 Å². The molecule has 0 saturated carbocycles. The summed E-state index contributed by atoms with van der Waals surface area (Å²) in [7, 11) is 0. The molecule has 24 heavy (non-hydrogen) atoms. The molecule has 0 spiro atoms. The molecule has 0 radical (unpaired) electrons. The molecule has 1 fully saturated rings. The van der Waals surface area contributed by atoms with Gasteiger partial charge in [-0.05, 0) is 36.6 Å². The van der Waals surface area contributed by atoms with Gasteiger partial charge in [0.15, 0.2) is 6.29 Å². The summed E-state index contributed by atoms with van der Waals surface area (Å²) in [6, 6.07) is 10.1. The van der Waals surface area contributed by atoms with Crippen molar-refractivity contribution in [1.29, 1.82) is 0 Å². The molecule has 6 heteroatoms. The number of non-ortho nitro benzene ring substituents is 1. The zero-order valence-electron chi connectivity index (χ0n) is 13.1. The van der Waals surface area contributed by atoms with Gasteiger partial charge in [-0.2, -0.15) is 0 Å². The van der Waals surface area contributed by atoms with Gasteiger partial charge in [0.05, 0.1) is 11.5 Å². The highest BCUT2D eigenvalue weighted by Gasteiger charge is 2.18. The molecule has 0 amide bonds. The van der Waals surface area contributed by atoms with Crippen molar-refractivity contribution in [2.75, 3.05) is 6.61 Å². The molecule has 1 unspecified atom stereocenters. The van der Waals surface area contributed by atoms with Gasteiger partial charge in [-0.1, -0.05) is 12.1 Å². The van der Waals surface area contributed by atoms with E-state index in [1.165, 1.54) is 12.1 Å². The molecule has 0 bridgehead atoms. The highest BCUT2D eigenvalue weighted by Crippen LogP contribution is 2.27. The van der Waals surface area contributed by atoms with Crippen molar-refractivity contribution < 1.29 is 14.4 Å². The van der Waals surface area contributed by atoms with E-state index in [9.17, 15) is 10.1 Å². The average molecular weight is 326 g/mol. The molecule has 1 aromatic heterocycles. The van der Waals surface area contributed by atoms with Crippen molar-refractivity contribution in [2.24, 2.45) is 0 Å². The average Bonchev–Trinajstić information content (AvgIpc) is 2.63. The number of nitro benzene ring substituents is 1. The minimum absolute atomic E-state index is 0.0290. The molecule has 2 heterocycles. The Morgan fingerprint density at radius 1 is 1.29 bits per heavy atom. The minimum atomic E-state index is -0.412. The van der Waals surface area contributed by atoms with E-state index in [1.54, 1.807) is 24.5 Å². The molecule has 1 aromatic carbocycles. The van der Waals surface area contributed by atoms with E-state index >= 15 is 0 Å². The predicted octanol–water partition coefficient (Wildman–Crippen LogP) is 4.03. The van der Waals surface area contributed by atoms with Gasteiger partial charge in [-0.3, -0.25) is 15.1 Å². The third-order valence-electron chi connectivity index (χ3n) is 3.74. The van der Waals surface area contributed by atoms with E-state index < -0.39 is 4.92 Å². The number of hydrogen-bond acceptors (Lipinski definition) is 5. The molecule has 6 nitrogen and oxygen atoms in total. The van der Waals surface area contributed by atoms with Gasteiger partial charge in [0.1, 0.15) is 5.76 Å². The topological polar surface area (TPSA) is 74.5 Å². The standard InChI is InChI=1S/C18H18N2O4/c21-20(22)16-5-3-4-15(13-16)17(12-14-7-9-19-10-8-14)24-18-6-1-2-11-23-18/h3-5,7-10,12-13,18H,1-2,6,11H2. The van der Waals surface area contributed by atoms with Crippen LogP contribution in [0.15, 0.2) is 48.8 Å². The fraction of sp³-hybridized carbons (Fsp3) is 0.278. The first-order valence-corrected chi connectivity index (χ1v) is 7.87. The number of rotatable bonds is 5. The Morgan fingerprint density at radius 2 is 2.12 bits per heavy atom. The van der Waals surface area contributed by atoms with Crippen molar-refractivity contribution in [2.45, 2.75) is 25.6 Å². The maximum atomic E-state index is 11.0. The van der Waals surface area contributed by atoms with Crippen LogP contribution < -0.4 is 0 Å². The van der Waals surface area contributed by atoms with Crippen molar-refractivity contribution >= 4 is 17.5 Å². The number of pyridine rings is 1. The fourth-order valence-electron chi connectivity index (χ4n) is 2.51. The van der Waals surface area contributed by atoms with Crippen LogP contribution in [0.3, 0.4) is 0 Å². The summed E-state index contributed by atoms with van der Waals surface area (Å²) in [5.41, 5.74) is 1.58. The van der Waals surface area contributed by atoms with Crippen molar-refractivity contribution in [3.05, 3.63) is 70.0 Å². The van der Waals surface area contributed by atoms with Crippen molar-refractivity contribution in [3.8, 4) is 0 Å². The zero-order valence-corrected chi connectivity index (χ0v) is 13.1. The number of ether oxygens (including phenoxy) is 2. The SMILES string of the molecule is O=[N+]([O-])c1cccc(C(=Cc2ccncc2)OC2CCCCO2)c1. The lowest BCUT2D eigenvalue weighted by Crippen LogP contribution is -2.21. The minimum Gasteiger partial charge on any atom is -0.464 e. The Bertz CT molecular complexity index is 725. The number of aromatic nitrogens is 1. The van der Waals surface area contributed by atoms with Crippen LogP contribution in [0.25, 0.3) is 11.8 Å². The summed E-state index contributed by atoms with van der Waals surface area (Å²) in [5, 5.41) is 11.0. The Kier molecular flexibility index (Phi) is 5.18. The number of nitrogens with zero attached hydrogens (tertiary/aromatic N) is 2. The summed E-state index contributed by atoms with van der Waals surface area (Å²) in [5.74, 6) is 0.553. The summed E-state index contributed by atoms with van der Waals surface area (Å²) >= 11 is 0. The molecule has 3 rings (SSSR count). The van der Waals surface area contributed by atoms with E-state index in [4.69, 9.17) is 9.47 Å². The second kappa shape index (κ2) is 7.70. The van der Waals surface area contributed by atoms with E-state index in [2.05, 4.69) is 4.98 Å². The lowest BCUT2D eigenvalue weighted by molar-refractivity contribution is -0.384. The Balaban J connectivity index is 1.93. The van der Waals surface area contributed by atoms with E-state index in [1.807, 2.05) is 18.2 Å². The molecule has 0 N–H and O–H groups in total. The summed E-state index contributed by atoms with van der Waals surface area (Å²) in [4.78, 5) is 14.6. The largest absolute Gasteiger partial charge is 0.464 e. The molecule has 1 aliphatic rings. The highest BCUT2D eigenvalue weighted by molar-refractivity contribution is 5.78. The molecule has 1 atom stereocenters. The fourth-order valence-corrected chi connectivity index (χ4v) is 2.51. The molecule has 124 valence electrons. The number of benzene rings is 1. The third-order valence-corrected chi connectivity index (χ3v) is 3.74. The monoisotopic (exact) mass is 326 g/mol. The first-order valence-electron chi connectivity index (χ1n) is 7.87. The first kappa shape index (κ1) is 16.1. The normalized spacial score (nSPS) is 18.2. The highest BCUT2D eigenvalue weighted by atomic mass is 16.7. The Morgan fingerprint density at radius 3 is 2.83 bits per heavy atom. The van der Waals surface area contributed by atoms with Gasteiger partial charge < -0.3 is 9.47 Å². The molecule has 2 aromatic rings. The second-order valence-corrected chi connectivity index (χ2v) is 5.51. The molecular formula is C18H18N2O4. The Hall–Kier alpha value is -2.73. The molecule has 1 aliphatic heterocycles. The van der Waals surface area contributed by atoms with Crippen molar-refractivity contribution in [3.63, 3.8) is 0 Å². The second-order valence-electron chi connectivity index (χ2n) is 5.51. The zero-order chi connectivity index (χ0) is 16.8. The van der Waals surface area contributed by atoms with Gasteiger partial charge in [0.25, 0.3) is 5.69 Å². The molecular weight excluding hydrogens is 308 g/mol. The van der Waals surface area contributed by atoms with E-state index in [0.717, 1.165) is 24.8 Å². The van der Waals surface area contributed by atoms with Crippen LogP contribution in [0, 0.1) is 10.1 Å². The first-order chi connectivity index (χ1) is 11.7. The van der Waals surface area contributed by atoms with Crippen LogP contribution in [0.5, 0.6) is 0 Å². The van der Waals surface area contributed by atoms with Crippen LogP contribution >= 0.6 is 0 Å². The molecule has 1 saturated heterocycles. The smallest absolute Gasteiger partial charge is 0.270 e. The van der Waals surface area contributed by atoms with E-state index in [0.29, 0.717) is 17.9 Å². The van der Waals surface area contributed by atoms with Gasteiger partial charge in [0.2, 0.25) is 0 Å². The van der Waals surface area contributed by atoms with Gasteiger partial charge in [-0.25, -0.2) is 0 Å². The van der Waals surface area contributed by atoms with Crippen LogP contribution in [0.4, 0.5) is 5.69 Å². The lowest BCUT2D eigenvalue weighted by Gasteiger charge is -2.25. The van der Waals surface area contributed by atoms with Crippen LogP contribution in [-0.2, 0) is 9.47 Å². The number of nitro groups is 1. The summed E-state index contributed by atoms with van der Waals surface area (Å²) in [6.45, 7) is 0.669. The van der Waals surface area contributed by atoms with Crippen LogP contribution in [-0.4, -0.2) is 22.8 Å². The molecule has 0 aliphatic carbocycles. The Labute approximate surface area is 139 Å². The van der Waals surface area contributed by atoms with Crippen molar-refractivity contribution in [1.82, 2.24) is 4.98 Å². The maximum absolute atomic E-state index is 11.0. The quantitative estimate of drug-likeness (QED) is 0.471. The number of hydrogen-bond donors (Lipinski definition) is 0. The maximum Gasteiger partial charge on any atom is 0.270 e. The lowest BCUT2D eigenvalue weighted by atomic mass is 10.1.